The molecule has 2 rings (SSSR count). The molecule has 1 heterocycles. The average molecular weight is 277 g/mol. The second-order valence-electron chi connectivity index (χ2n) is 4.66. The minimum Gasteiger partial charge on any atom is -0.439 e. The van der Waals surface area contributed by atoms with E-state index in [0.29, 0.717) is 5.88 Å². The molecule has 0 spiro atoms. The van der Waals surface area contributed by atoms with Crippen molar-refractivity contribution >= 4 is 11.6 Å². The Morgan fingerprint density at radius 2 is 1.89 bits per heavy atom. The zero-order valence-electron chi connectivity index (χ0n) is 11.3. The van der Waals surface area contributed by atoms with E-state index in [2.05, 4.69) is 4.98 Å². The summed E-state index contributed by atoms with van der Waals surface area (Å²) in [4.78, 5) is 4.24. The van der Waals surface area contributed by atoms with Crippen molar-refractivity contribution in [1.82, 2.24) is 4.98 Å². The summed E-state index contributed by atoms with van der Waals surface area (Å²) in [7, 11) is 0. The number of halogens is 1. The van der Waals surface area contributed by atoms with Crippen LogP contribution in [0.3, 0.4) is 0 Å². The largest absolute Gasteiger partial charge is 0.439 e. The van der Waals surface area contributed by atoms with Crippen LogP contribution in [0.5, 0.6) is 11.6 Å². The van der Waals surface area contributed by atoms with Crippen LogP contribution < -0.4 is 10.5 Å². The number of pyridine rings is 1. The Hall–Kier alpha value is -1.58. The van der Waals surface area contributed by atoms with Crippen LogP contribution in [-0.2, 0) is 0 Å². The quantitative estimate of drug-likeness (QED) is 0.915. The van der Waals surface area contributed by atoms with E-state index in [9.17, 15) is 0 Å². The minimum absolute atomic E-state index is 0.127. The highest BCUT2D eigenvalue weighted by Gasteiger charge is 2.11. The second kappa shape index (κ2) is 5.59. The number of ether oxygens (including phenoxy) is 1. The lowest BCUT2D eigenvalue weighted by molar-refractivity contribution is 0.451. The summed E-state index contributed by atoms with van der Waals surface area (Å²) in [6.07, 6.45) is 1.69. The first kappa shape index (κ1) is 13.8. The van der Waals surface area contributed by atoms with E-state index in [1.165, 1.54) is 0 Å². The molecule has 3 nitrogen and oxygen atoms in total. The molecule has 0 aliphatic rings. The van der Waals surface area contributed by atoms with Gasteiger partial charge in [-0.25, -0.2) is 4.98 Å². The molecule has 19 heavy (non-hydrogen) atoms. The first-order chi connectivity index (χ1) is 8.99. The predicted octanol–water partition coefficient (Wildman–Crippen LogP) is 4.16. The van der Waals surface area contributed by atoms with Gasteiger partial charge in [0.05, 0.1) is 0 Å². The fraction of sp³-hybridized carbons (Fsp3) is 0.267. The number of hydrogen-bond donors (Lipinski definition) is 1. The third kappa shape index (κ3) is 3.06. The summed E-state index contributed by atoms with van der Waals surface area (Å²) in [6, 6.07) is 7.44. The third-order valence-electron chi connectivity index (χ3n) is 2.92. The molecule has 4 heteroatoms. The Balaban J connectivity index is 2.37. The van der Waals surface area contributed by atoms with Gasteiger partial charge >= 0.3 is 0 Å². The minimum atomic E-state index is -0.127. The first-order valence-corrected chi connectivity index (χ1v) is 6.52. The fourth-order valence-electron chi connectivity index (χ4n) is 1.91. The molecular weight excluding hydrogens is 260 g/mol. The molecule has 1 aromatic heterocycles. The smallest absolute Gasteiger partial charge is 0.223 e. The Labute approximate surface area is 118 Å². The van der Waals surface area contributed by atoms with Crippen molar-refractivity contribution in [3.05, 3.63) is 52.2 Å². The SMILES string of the molecule is Cc1cc(Oc2ncccc2[C@H](C)N)cc(C)c1Cl. The van der Waals surface area contributed by atoms with Crippen LogP contribution in [0, 0.1) is 13.8 Å². The van der Waals surface area contributed by atoms with Crippen LogP contribution in [-0.4, -0.2) is 4.98 Å². The fourth-order valence-corrected chi connectivity index (χ4v) is 2.02. The van der Waals surface area contributed by atoms with E-state index in [4.69, 9.17) is 22.1 Å². The van der Waals surface area contributed by atoms with E-state index in [1.54, 1.807) is 6.20 Å². The van der Waals surface area contributed by atoms with Gasteiger partial charge in [0.1, 0.15) is 5.75 Å². The molecule has 1 aromatic carbocycles. The molecule has 0 radical (unpaired) electrons. The molecule has 2 aromatic rings. The summed E-state index contributed by atoms with van der Waals surface area (Å²) in [5, 5.41) is 0.765. The predicted molar refractivity (Wildman–Crippen MR) is 77.8 cm³/mol. The summed E-state index contributed by atoms with van der Waals surface area (Å²) in [5.74, 6) is 1.26. The summed E-state index contributed by atoms with van der Waals surface area (Å²) in [5.41, 5.74) is 8.76. The lowest BCUT2D eigenvalue weighted by Gasteiger charge is -2.13. The Kier molecular flexibility index (Phi) is 4.08. The van der Waals surface area contributed by atoms with E-state index in [1.807, 2.05) is 45.0 Å². The van der Waals surface area contributed by atoms with E-state index in [0.717, 1.165) is 27.5 Å². The summed E-state index contributed by atoms with van der Waals surface area (Å²) in [6.45, 7) is 5.81. The van der Waals surface area contributed by atoms with Gasteiger partial charge in [0.25, 0.3) is 0 Å². The number of rotatable bonds is 3. The maximum atomic E-state index is 6.14. The van der Waals surface area contributed by atoms with Gasteiger partial charge in [-0.3, -0.25) is 0 Å². The highest BCUT2D eigenvalue weighted by atomic mass is 35.5. The van der Waals surface area contributed by atoms with Crippen molar-refractivity contribution < 1.29 is 4.74 Å². The number of aryl methyl sites for hydroxylation is 2. The van der Waals surface area contributed by atoms with E-state index in [-0.39, 0.29) is 6.04 Å². The van der Waals surface area contributed by atoms with Gasteiger partial charge in [0.2, 0.25) is 5.88 Å². The van der Waals surface area contributed by atoms with Crippen molar-refractivity contribution in [2.75, 3.05) is 0 Å². The molecule has 0 aliphatic carbocycles. The third-order valence-corrected chi connectivity index (χ3v) is 3.51. The van der Waals surface area contributed by atoms with Crippen molar-refractivity contribution in [2.45, 2.75) is 26.8 Å². The van der Waals surface area contributed by atoms with E-state index >= 15 is 0 Å². The Bertz CT molecular complexity index is 573. The molecule has 0 aliphatic heterocycles. The van der Waals surface area contributed by atoms with Crippen molar-refractivity contribution in [2.24, 2.45) is 5.73 Å². The van der Waals surface area contributed by atoms with Crippen LogP contribution in [0.15, 0.2) is 30.5 Å². The highest BCUT2D eigenvalue weighted by molar-refractivity contribution is 6.32. The summed E-state index contributed by atoms with van der Waals surface area (Å²) < 4.78 is 5.84. The van der Waals surface area contributed by atoms with Gasteiger partial charge in [-0.2, -0.15) is 0 Å². The lowest BCUT2D eigenvalue weighted by atomic mass is 10.1. The number of benzene rings is 1. The molecule has 0 amide bonds. The number of aromatic nitrogens is 1. The van der Waals surface area contributed by atoms with Gasteiger partial charge < -0.3 is 10.5 Å². The zero-order chi connectivity index (χ0) is 14.0. The normalized spacial score (nSPS) is 12.3. The molecule has 0 saturated heterocycles. The Morgan fingerprint density at radius 3 is 2.47 bits per heavy atom. The van der Waals surface area contributed by atoms with Crippen LogP contribution in [0.4, 0.5) is 0 Å². The van der Waals surface area contributed by atoms with Gasteiger partial charge in [-0.05, 0) is 50.1 Å². The van der Waals surface area contributed by atoms with Crippen LogP contribution in [0.1, 0.15) is 29.7 Å². The highest BCUT2D eigenvalue weighted by Crippen LogP contribution is 2.30. The van der Waals surface area contributed by atoms with Crippen LogP contribution in [0.25, 0.3) is 0 Å². The molecule has 1 atom stereocenters. The zero-order valence-corrected chi connectivity index (χ0v) is 12.0. The van der Waals surface area contributed by atoms with Crippen LogP contribution >= 0.6 is 11.6 Å². The lowest BCUT2D eigenvalue weighted by Crippen LogP contribution is -2.07. The number of nitrogens with zero attached hydrogens (tertiary/aromatic N) is 1. The summed E-state index contributed by atoms with van der Waals surface area (Å²) >= 11 is 6.14. The first-order valence-electron chi connectivity index (χ1n) is 6.14. The average Bonchev–Trinajstić information content (AvgIpc) is 2.36. The van der Waals surface area contributed by atoms with E-state index < -0.39 is 0 Å². The Morgan fingerprint density at radius 1 is 1.26 bits per heavy atom. The van der Waals surface area contributed by atoms with Gasteiger partial charge in [0, 0.05) is 22.8 Å². The molecule has 0 saturated carbocycles. The maximum Gasteiger partial charge on any atom is 0.223 e. The maximum absolute atomic E-state index is 6.14. The van der Waals surface area contributed by atoms with Crippen molar-refractivity contribution in [3.8, 4) is 11.6 Å². The van der Waals surface area contributed by atoms with Gasteiger partial charge in [0.15, 0.2) is 0 Å². The van der Waals surface area contributed by atoms with Crippen molar-refractivity contribution in [1.29, 1.82) is 0 Å². The standard InChI is InChI=1S/C15H17ClN2O/c1-9-7-12(8-10(2)14(9)16)19-15-13(11(3)17)5-4-6-18-15/h4-8,11H,17H2,1-3H3/t11-/m0/s1. The molecule has 2 N–H and O–H groups in total. The molecule has 100 valence electrons. The topological polar surface area (TPSA) is 48.1 Å². The van der Waals surface area contributed by atoms with Crippen LogP contribution in [0.2, 0.25) is 5.02 Å². The van der Waals surface area contributed by atoms with Gasteiger partial charge in [-0.15, -0.1) is 0 Å². The second-order valence-corrected chi connectivity index (χ2v) is 5.04. The molecule has 0 bridgehead atoms. The number of nitrogens with two attached hydrogens (primary N) is 1. The number of hydrogen-bond acceptors (Lipinski definition) is 3. The molecule has 0 fully saturated rings. The monoisotopic (exact) mass is 276 g/mol. The van der Waals surface area contributed by atoms with Gasteiger partial charge in [-0.1, -0.05) is 17.7 Å². The molecule has 0 unspecified atom stereocenters. The van der Waals surface area contributed by atoms with Crippen molar-refractivity contribution in [3.63, 3.8) is 0 Å². The molecular formula is C15H17ClN2O.